The van der Waals surface area contributed by atoms with Gasteiger partial charge in [0.2, 0.25) is 0 Å². The van der Waals surface area contributed by atoms with Crippen LogP contribution in [0.2, 0.25) is 0 Å². The summed E-state index contributed by atoms with van der Waals surface area (Å²) >= 11 is 0. The molecule has 0 aromatic heterocycles. The van der Waals surface area contributed by atoms with Crippen LogP contribution in [0.4, 0.5) is 11.4 Å². The second-order valence-corrected chi connectivity index (χ2v) is 4.82. The second-order valence-electron chi connectivity index (χ2n) is 4.82. The number of ether oxygens (including phenoxy) is 1. The van der Waals surface area contributed by atoms with Crippen molar-refractivity contribution < 1.29 is 4.74 Å². The average molecular weight is 234 g/mol. The maximum Gasteiger partial charge on any atom is 0.121 e. The highest BCUT2D eigenvalue weighted by atomic mass is 16.5. The third-order valence-electron chi connectivity index (χ3n) is 3.60. The lowest BCUT2D eigenvalue weighted by Gasteiger charge is -2.13. The van der Waals surface area contributed by atoms with E-state index < -0.39 is 0 Å². The van der Waals surface area contributed by atoms with E-state index in [9.17, 15) is 0 Å². The van der Waals surface area contributed by atoms with Crippen molar-refractivity contribution in [3.05, 3.63) is 18.2 Å². The van der Waals surface area contributed by atoms with Crippen LogP contribution in [0.1, 0.15) is 32.1 Å². The Kier molecular flexibility index (Phi) is 4.13. The first-order valence-corrected chi connectivity index (χ1v) is 6.47. The van der Waals surface area contributed by atoms with Crippen molar-refractivity contribution in [1.29, 1.82) is 0 Å². The molecule has 0 aliphatic heterocycles. The maximum absolute atomic E-state index is 5.95. The first-order valence-electron chi connectivity index (χ1n) is 6.47. The molecule has 1 saturated carbocycles. The van der Waals surface area contributed by atoms with Gasteiger partial charge in [0.25, 0.3) is 0 Å². The van der Waals surface area contributed by atoms with Crippen LogP contribution in [0.25, 0.3) is 0 Å². The number of nitrogen functional groups attached to an aromatic ring is 1. The van der Waals surface area contributed by atoms with Gasteiger partial charge in [0.15, 0.2) is 0 Å². The zero-order valence-corrected chi connectivity index (χ0v) is 10.5. The van der Waals surface area contributed by atoms with Crippen LogP contribution in [0.3, 0.4) is 0 Å². The molecule has 0 bridgehead atoms. The Morgan fingerprint density at radius 2 is 2.12 bits per heavy atom. The summed E-state index contributed by atoms with van der Waals surface area (Å²) in [5.41, 5.74) is 7.73. The largest absolute Gasteiger partial charge is 0.497 e. The Balaban J connectivity index is 1.81. The summed E-state index contributed by atoms with van der Waals surface area (Å²) in [5, 5.41) is 3.41. The van der Waals surface area contributed by atoms with Crippen LogP contribution in [-0.2, 0) is 0 Å². The molecule has 2 rings (SSSR count). The fourth-order valence-electron chi connectivity index (χ4n) is 2.54. The van der Waals surface area contributed by atoms with E-state index in [-0.39, 0.29) is 0 Å². The summed E-state index contributed by atoms with van der Waals surface area (Å²) in [7, 11) is 1.65. The molecule has 0 radical (unpaired) electrons. The van der Waals surface area contributed by atoms with Crippen LogP contribution in [0, 0.1) is 5.92 Å². The van der Waals surface area contributed by atoms with E-state index >= 15 is 0 Å². The van der Waals surface area contributed by atoms with Crippen LogP contribution in [0.5, 0.6) is 5.75 Å². The van der Waals surface area contributed by atoms with Gasteiger partial charge in [-0.15, -0.1) is 0 Å². The van der Waals surface area contributed by atoms with Crippen molar-refractivity contribution in [3.63, 3.8) is 0 Å². The Bertz CT molecular complexity index is 359. The predicted molar refractivity (Wildman–Crippen MR) is 72.5 cm³/mol. The molecule has 0 amide bonds. The summed E-state index contributed by atoms with van der Waals surface area (Å²) in [6.45, 7) is 1.02. The molecule has 1 aliphatic carbocycles. The standard InChI is InChI=1S/C14H22N2O/c1-17-12-6-7-14(13(15)10-12)16-9-8-11-4-2-3-5-11/h6-7,10-11,16H,2-5,8-9,15H2,1H3. The highest BCUT2D eigenvalue weighted by Gasteiger charge is 2.14. The van der Waals surface area contributed by atoms with Gasteiger partial charge >= 0.3 is 0 Å². The minimum absolute atomic E-state index is 0.760. The number of nitrogens with two attached hydrogens (primary N) is 1. The van der Waals surface area contributed by atoms with E-state index in [4.69, 9.17) is 10.5 Å². The lowest BCUT2D eigenvalue weighted by Crippen LogP contribution is -2.08. The number of rotatable bonds is 5. The molecular formula is C14H22N2O. The van der Waals surface area contributed by atoms with E-state index in [1.807, 2.05) is 18.2 Å². The van der Waals surface area contributed by atoms with E-state index in [0.717, 1.165) is 29.6 Å². The number of nitrogens with one attached hydrogen (secondary N) is 1. The summed E-state index contributed by atoms with van der Waals surface area (Å²) in [5.74, 6) is 1.73. The van der Waals surface area contributed by atoms with Gasteiger partial charge in [0, 0.05) is 12.6 Å². The Morgan fingerprint density at radius 1 is 1.35 bits per heavy atom. The molecule has 1 fully saturated rings. The molecule has 1 aromatic carbocycles. The molecule has 0 spiro atoms. The smallest absolute Gasteiger partial charge is 0.121 e. The van der Waals surface area contributed by atoms with E-state index in [0.29, 0.717) is 0 Å². The summed E-state index contributed by atoms with van der Waals surface area (Å²) in [6, 6.07) is 5.79. The fourth-order valence-corrected chi connectivity index (χ4v) is 2.54. The number of anilines is 2. The van der Waals surface area contributed by atoms with Crippen LogP contribution < -0.4 is 15.8 Å². The number of methoxy groups -OCH3 is 1. The monoisotopic (exact) mass is 234 g/mol. The average Bonchev–Trinajstić information content (AvgIpc) is 2.84. The topological polar surface area (TPSA) is 47.3 Å². The van der Waals surface area contributed by atoms with Gasteiger partial charge in [-0.1, -0.05) is 25.7 Å². The molecular weight excluding hydrogens is 212 g/mol. The Hall–Kier alpha value is -1.38. The molecule has 1 aliphatic rings. The van der Waals surface area contributed by atoms with Gasteiger partial charge in [-0.3, -0.25) is 0 Å². The molecule has 0 atom stereocenters. The zero-order chi connectivity index (χ0) is 12.1. The quantitative estimate of drug-likeness (QED) is 0.769. The van der Waals surface area contributed by atoms with Gasteiger partial charge in [-0.05, 0) is 24.5 Å². The minimum Gasteiger partial charge on any atom is -0.497 e. The predicted octanol–water partition coefficient (Wildman–Crippen LogP) is 3.27. The van der Waals surface area contributed by atoms with Crippen molar-refractivity contribution in [2.45, 2.75) is 32.1 Å². The number of hydrogen-bond acceptors (Lipinski definition) is 3. The first kappa shape index (κ1) is 12.1. The molecule has 17 heavy (non-hydrogen) atoms. The minimum atomic E-state index is 0.760. The van der Waals surface area contributed by atoms with E-state index in [1.165, 1.54) is 32.1 Å². The molecule has 3 N–H and O–H groups in total. The fraction of sp³-hybridized carbons (Fsp3) is 0.571. The highest BCUT2D eigenvalue weighted by molar-refractivity contribution is 5.68. The summed E-state index contributed by atoms with van der Waals surface area (Å²) in [6.07, 6.45) is 6.88. The van der Waals surface area contributed by atoms with Gasteiger partial charge in [0.05, 0.1) is 18.5 Å². The molecule has 1 aromatic rings. The Labute approximate surface area is 103 Å². The number of benzene rings is 1. The molecule has 3 heteroatoms. The van der Waals surface area contributed by atoms with Crippen LogP contribution >= 0.6 is 0 Å². The van der Waals surface area contributed by atoms with Crippen molar-refractivity contribution in [2.75, 3.05) is 24.7 Å². The lowest BCUT2D eigenvalue weighted by atomic mass is 10.0. The molecule has 0 unspecified atom stereocenters. The van der Waals surface area contributed by atoms with Crippen LogP contribution in [0.15, 0.2) is 18.2 Å². The third-order valence-corrected chi connectivity index (χ3v) is 3.60. The summed E-state index contributed by atoms with van der Waals surface area (Å²) < 4.78 is 5.13. The molecule has 3 nitrogen and oxygen atoms in total. The third kappa shape index (κ3) is 3.29. The van der Waals surface area contributed by atoms with Gasteiger partial charge < -0.3 is 15.8 Å². The van der Waals surface area contributed by atoms with E-state index in [2.05, 4.69) is 5.32 Å². The van der Waals surface area contributed by atoms with Crippen molar-refractivity contribution in [1.82, 2.24) is 0 Å². The van der Waals surface area contributed by atoms with Gasteiger partial charge in [-0.2, -0.15) is 0 Å². The lowest BCUT2D eigenvalue weighted by molar-refractivity contribution is 0.415. The van der Waals surface area contributed by atoms with Crippen molar-refractivity contribution >= 4 is 11.4 Å². The molecule has 94 valence electrons. The SMILES string of the molecule is COc1ccc(NCCC2CCCC2)c(N)c1. The molecule has 0 heterocycles. The van der Waals surface area contributed by atoms with Crippen molar-refractivity contribution in [3.8, 4) is 5.75 Å². The van der Waals surface area contributed by atoms with Gasteiger partial charge in [0.1, 0.15) is 5.75 Å². The van der Waals surface area contributed by atoms with Crippen molar-refractivity contribution in [2.24, 2.45) is 5.92 Å². The highest BCUT2D eigenvalue weighted by Crippen LogP contribution is 2.28. The van der Waals surface area contributed by atoms with Crippen LogP contribution in [-0.4, -0.2) is 13.7 Å². The maximum atomic E-state index is 5.95. The van der Waals surface area contributed by atoms with E-state index in [1.54, 1.807) is 7.11 Å². The summed E-state index contributed by atoms with van der Waals surface area (Å²) in [4.78, 5) is 0. The number of hydrogen-bond donors (Lipinski definition) is 2. The Morgan fingerprint density at radius 3 is 2.76 bits per heavy atom. The first-order chi connectivity index (χ1) is 8.29. The van der Waals surface area contributed by atoms with Gasteiger partial charge in [-0.25, -0.2) is 0 Å². The normalized spacial score (nSPS) is 16.1. The molecule has 0 saturated heterocycles. The second kappa shape index (κ2) is 5.80. The zero-order valence-electron chi connectivity index (χ0n) is 10.5.